The molecule has 33 nitrogen and oxygen atoms in total. The van der Waals surface area contributed by atoms with E-state index in [2.05, 4.69) is 27.7 Å². The molecule has 0 aromatic heterocycles. The van der Waals surface area contributed by atoms with Crippen LogP contribution < -0.4 is 0 Å². The second-order valence-electron chi connectivity index (χ2n) is 30.0. The average Bonchev–Trinajstić information content (AvgIpc) is 1.50. The number of hydrogen-bond donors (Lipinski definition) is 19. The normalized spacial score (nSPS) is 57.6. The lowest BCUT2D eigenvalue weighted by Crippen LogP contribution is -2.69. The summed E-state index contributed by atoms with van der Waals surface area (Å²) in [5.41, 5.74) is -0.514. The van der Waals surface area contributed by atoms with Gasteiger partial charge in [-0.15, -0.1) is 0 Å². The van der Waals surface area contributed by atoms with Gasteiger partial charge in [0.05, 0.1) is 64.1 Å². The number of aliphatic hydroxyl groups excluding tert-OH is 19. The highest BCUT2D eigenvalue weighted by Gasteiger charge is 2.72. The van der Waals surface area contributed by atoms with Crippen molar-refractivity contribution in [1.29, 1.82) is 0 Å². The number of fused-ring (bicyclic) bond motifs is 7. The minimum absolute atomic E-state index is 0.00261. The molecule has 0 radical (unpaired) electrons. The molecule has 96 heavy (non-hydrogen) atoms. The van der Waals surface area contributed by atoms with E-state index in [9.17, 15) is 97.0 Å². The summed E-state index contributed by atoms with van der Waals surface area (Å²) >= 11 is 0. The molecule has 1 spiro atoms. The molecule has 12 rings (SSSR count). The second kappa shape index (κ2) is 29.3. The minimum Gasteiger partial charge on any atom is -0.394 e. The maximum absolute atomic E-state index is 12.4. The van der Waals surface area contributed by atoms with Gasteiger partial charge in [0.15, 0.2) is 43.5 Å². The first-order valence-electron chi connectivity index (χ1n) is 34.3. The summed E-state index contributed by atoms with van der Waals surface area (Å²) in [6, 6.07) is 0. The smallest absolute Gasteiger partial charge is 0.187 e. The molecule has 0 unspecified atom stereocenters. The third kappa shape index (κ3) is 13.0. The van der Waals surface area contributed by atoms with Gasteiger partial charge < -0.3 is 163 Å². The molecule has 12 fully saturated rings. The summed E-state index contributed by atoms with van der Waals surface area (Å²) < 4.78 is 85.5. The van der Waals surface area contributed by atoms with Gasteiger partial charge in [-0.25, -0.2) is 0 Å². The van der Waals surface area contributed by atoms with Gasteiger partial charge in [0, 0.05) is 23.7 Å². The molecule has 4 saturated carbocycles. The zero-order valence-electron chi connectivity index (χ0n) is 54.4. The van der Waals surface area contributed by atoms with Crippen LogP contribution in [0, 0.1) is 52.3 Å². The Kier molecular flexibility index (Phi) is 22.7. The molecular weight excluding hydrogens is 1280 g/mol. The van der Waals surface area contributed by atoms with Crippen molar-refractivity contribution in [2.75, 3.05) is 39.6 Å². The Morgan fingerprint density at radius 3 is 1.46 bits per heavy atom. The molecule has 0 amide bonds. The van der Waals surface area contributed by atoms with Crippen LogP contribution in [0.3, 0.4) is 0 Å². The topological polar surface area (TPSA) is 514 Å². The third-order valence-corrected chi connectivity index (χ3v) is 24.7. The van der Waals surface area contributed by atoms with Crippen LogP contribution in [0.4, 0.5) is 0 Å². The predicted octanol–water partition coefficient (Wildman–Crippen LogP) is -7.26. The van der Waals surface area contributed by atoms with Crippen LogP contribution in [0.15, 0.2) is 0 Å². The molecule has 12 aliphatic rings. The van der Waals surface area contributed by atoms with Crippen LogP contribution >= 0.6 is 0 Å². The van der Waals surface area contributed by atoms with E-state index in [-0.39, 0.29) is 46.5 Å². The summed E-state index contributed by atoms with van der Waals surface area (Å²) in [6.45, 7) is 6.11. The highest BCUT2D eigenvalue weighted by atomic mass is 16.8. The van der Waals surface area contributed by atoms with Gasteiger partial charge in [-0.05, 0) is 93.3 Å². The summed E-state index contributed by atoms with van der Waals surface area (Å²) in [5.74, 6) is 1.12. The second-order valence-corrected chi connectivity index (χ2v) is 30.0. The Bertz CT molecular complexity index is 2540. The Morgan fingerprint density at radius 2 is 0.875 bits per heavy atom. The number of ether oxygens (including phenoxy) is 14. The molecular formula is C63H104O33. The highest BCUT2D eigenvalue weighted by molar-refractivity contribution is 5.18. The summed E-state index contributed by atoms with van der Waals surface area (Å²) in [6.07, 6.45) is -51.4. The van der Waals surface area contributed by atoms with Crippen LogP contribution in [0.25, 0.3) is 0 Å². The molecule has 4 aliphatic carbocycles. The van der Waals surface area contributed by atoms with Crippen LogP contribution in [-0.4, -0.2) is 345 Å². The first-order chi connectivity index (χ1) is 45.6. The quantitative estimate of drug-likeness (QED) is 0.0602. The van der Waals surface area contributed by atoms with E-state index in [1.54, 1.807) is 0 Å². The van der Waals surface area contributed by atoms with E-state index < -0.39 is 235 Å². The summed E-state index contributed by atoms with van der Waals surface area (Å²) in [7, 11) is 0. The van der Waals surface area contributed by atoms with E-state index >= 15 is 0 Å². The van der Waals surface area contributed by atoms with Crippen LogP contribution in [-0.2, 0) is 66.3 Å². The van der Waals surface area contributed by atoms with E-state index in [0.717, 1.165) is 38.5 Å². The minimum atomic E-state index is -2.29. The Balaban J connectivity index is 0.766. The van der Waals surface area contributed by atoms with Crippen molar-refractivity contribution in [3.63, 3.8) is 0 Å². The molecule has 19 N–H and O–H groups in total. The van der Waals surface area contributed by atoms with Crippen LogP contribution in [0.2, 0.25) is 0 Å². The molecule has 43 atom stereocenters. The first-order valence-corrected chi connectivity index (χ1v) is 34.3. The molecule has 554 valence electrons. The van der Waals surface area contributed by atoms with Gasteiger partial charge >= 0.3 is 0 Å². The average molecular weight is 1390 g/mol. The monoisotopic (exact) mass is 1390 g/mol. The molecule has 33 heteroatoms. The lowest BCUT2D eigenvalue weighted by Gasteiger charge is -2.62. The van der Waals surface area contributed by atoms with Gasteiger partial charge in [0.1, 0.15) is 140 Å². The Morgan fingerprint density at radius 1 is 0.396 bits per heavy atom. The maximum atomic E-state index is 12.4. The molecule has 8 saturated heterocycles. The van der Waals surface area contributed by atoms with Gasteiger partial charge in [-0.1, -0.05) is 27.7 Å². The van der Waals surface area contributed by atoms with Gasteiger partial charge in [-0.3, -0.25) is 0 Å². The zero-order chi connectivity index (χ0) is 69.1. The van der Waals surface area contributed by atoms with Gasteiger partial charge in [0.25, 0.3) is 0 Å². The number of aliphatic hydroxyl groups is 19. The maximum Gasteiger partial charge on any atom is 0.187 e. The summed E-state index contributed by atoms with van der Waals surface area (Å²) in [5, 5.41) is 212. The van der Waals surface area contributed by atoms with E-state index in [4.69, 9.17) is 66.3 Å². The lowest BCUT2D eigenvalue weighted by atomic mass is 9.43. The molecule has 0 aromatic carbocycles. The predicted molar refractivity (Wildman–Crippen MR) is 314 cm³/mol. The Labute approximate surface area is 554 Å². The van der Waals surface area contributed by atoms with E-state index in [1.807, 2.05) is 0 Å². The molecule has 8 aliphatic heterocycles. The SMILES string of the molecule is C[C@H]1CC[C@]2(OC1)O[C@H]1C[C@H]3[C@@H]4CC[C@H]5C[C@@H](O[C@H]6O[C@@H](CO)[C@H](O[C@H]7O[C@@H](CO)[C@H](O)[C@@H](O[C@H]8O[C@@H](CO)[C@H](O[C@H]9O[C@@H](C)[C@H](O)[C@@H](O)[C@@H]9O)[C@@H](O)[C@@H]8O)[C@@H]7O[C@H]7O[C@@H](CO)[C@H](O)[C@@H](O[C@H]8O[C@@H](CO)[C@H](O)[C@@H](O)[C@@H]8O)[C@@H]7O)[C@@H](O)[C@@H]6O)CC[C@]5(C)[C@H]4C[C@@H](O)[C@@]3(C)[C@H]1[C@@H]2C. The standard InChI is InChI=1S/C63H104O33/c1-21-8-11-63(83-20-21)22(2)36-29(96-63)13-28-26-7-6-24-12-25(9-10-61(24,4)27(26)14-35(69)62(28,36)5)85-56-47(80)43(76)51(34(19-68)89-56)92-60-54(95-59-49(82)52(39(72)31(16-65)87-59)93-57-46(79)42(75)38(71)30(15-64)86-57)53(40(73)32(17-66)88-60)94-58-48(81)44(77)50(33(18-67)90-58)91-55-45(78)41(74)37(70)23(3)84-55/h21-60,64-82H,6-20H2,1-5H3/t21-,22-,23-,24-,25-,26+,27-,28-,29-,30-,31-,32-,33-,34-,35+,36-,37-,38-,39-,40-,41+,42+,43-,44-,45-,46-,47-,48-,49-,50-,51-,52+,53+,54-,55+,56-,57+,58+,59+,60+,61-,62-,63-/m0/s1. The van der Waals surface area contributed by atoms with Crippen molar-refractivity contribution in [1.82, 2.24) is 0 Å². The van der Waals surface area contributed by atoms with Crippen LogP contribution in [0.5, 0.6) is 0 Å². The van der Waals surface area contributed by atoms with E-state index in [1.165, 1.54) is 6.92 Å². The fraction of sp³-hybridized carbons (Fsp3) is 1.00. The van der Waals surface area contributed by atoms with Crippen molar-refractivity contribution in [3.8, 4) is 0 Å². The number of rotatable bonds is 17. The van der Waals surface area contributed by atoms with Crippen molar-refractivity contribution in [2.24, 2.45) is 52.3 Å². The van der Waals surface area contributed by atoms with Crippen molar-refractivity contribution < 1.29 is 163 Å². The molecule has 8 heterocycles. The fourth-order valence-electron chi connectivity index (χ4n) is 19.0. The largest absolute Gasteiger partial charge is 0.394 e. The fourth-order valence-corrected chi connectivity index (χ4v) is 19.0. The van der Waals surface area contributed by atoms with Gasteiger partial charge in [-0.2, -0.15) is 0 Å². The molecule has 0 bridgehead atoms. The summed E-state index contributed by atoms with van der Waals surface area (Å²) in [4.78, 5) is 0. The Hall–Kier alpha value is -1.32. The van der Waals surface area contributed by atoms with Crippen molar-refractivity contribution in [3.05, 3.63) is 0 Å². The zero-order valence-corrected chi connectivity index (χ0v) is 54.4. The lowest BCUT2D eigenvalue weighted by molar-refractivity contribution is -0.414. The first kappa shape index (κ1) is 74.4. The van der Waals surface area contributed by atoms with Crippen molar-refractivity contribution in [2.45, 2.75) is 301 Å². The van der Waals surface area contributed by atoms with Crippen molar-refractivity contribution >= 4 is 0 Å². The number of hydrogen-bond acceptors (Lipinski definition) is 33. The third-order valence-electron chi connectivity index (χ3n) is 24.7. The van der Waals surface area contributed by atoms with Gasteiger partial charge in [0.2, 0.25) is 0 Å². The van der Waals surface area contributed by atoms with E-state index in [0.29, 0.717) is 37.7 Å². The molecule has 0 aromatic rings. The van der Waals surface area contributed by atoms with Crippen LogP contribution in [0.1, 0.15) is 92.4 Å². The highest BCUT2D eigenvalue weighted by Crippen LogP contribution is 2.71.